The van der Waals surface area contributed by atoms with Crippen LogP contribution in [-0.2, 0) is 28.5 Å². The van der Waals surface area contributed by atoms with E-state index in [9.17, 15) is 30.0 Å². The molecule has 0 amide bonds. The number of esters is 2. The molecule has 0 aromatic heterocycles. The van der Waals surface area contributed by atoms with Gasteiger partial charge in [-0.1, -0.05) is 132 Å². The van der Waals surface area contributed by atoms with Gasteiger partial charge in [-0.15, -0.1) is 0 Å². The van der Waals surface area contributed by atoms with Crippen LogP contribution in [0.3, 0.4) is 0 Å². The van der Waals surface area contributed by atoms with Gasteiger partial charge in [0, 0.05) is 12.8 Å². The molecule has 1 heterocycles. The molecule has 4 N–H and O–H groups in total. The van der Waals surface area contributed by atoms with Gasteiger partial charge >= 0.3 is 11.9 Å². The van der Waals surface area contributed by atoms with Crippen molar-refractivity contribution in [2.45, 2.75) is 198 Å². The van der Waals surface area contributed by atoms with E-state index in [1.807, 2.05) is 0 Å². The van der Waals surface area contributed by atoms with Crippen molar-refractivity contribution in [3.05, 3.63) is 60.8 Å². The zero-order valence-electron chi connectivity index (χ0n) is 34.9. The summed E-state index contributed by atoms with van der Waals surface area (Å²) < 4.78 is 22.1. The summed E-state index contributed by atoms with van der Waals surface area (Å²) in [6.07, 6.45) is 36.5. The zero-order chi connectivity index (χ0) is 40.9. The summed E-state index contributed by atoms with van der Waals surface area (Å²) in [7, 11) is 0. The maximum Gasteiger partial charge on any atom is 0.306 e. The Kier molecular flexibility index (Phi) is 33.7. The average Bonchev–Trinajstić information content (AvgIpc) is 3.19. The summed E-state index contributed by atoms with van der Waals surface area (Å²) >= 11 is 0. The van der Waals surface area contributed by atoms with E-state index >= 15 is 0 Å². The normalized spacial score (nSPS) is 21.0. The predicted octanol–water partition coefficient (Wildman–Crippen LogP) is 9.05. The molecule has 0 aromatic carbocycles. The van der Waals surface area contributed by atoms with Crippen LogP contribution in [0.2, 0.25) is 0 Å². The van der Waals surface area contributed by atoms with Gasteiger partial charge in [-0.2, -0.15) is 0 Å². The molecule has 1 aliphatic heterocycles. The van der Waals surface area contributed by atoms with Gasteiger partial charge in [-0.25, -0.2) is 0 Å². The first kappa shape index (κ1) is 51.4. The fourth-order valence-electron chi connectivity index (χ4n) is 6.09. The average molecular weight is 791 g/mol. The van der Waals surface area contributed by atoms with Crippen molar-refractivity contribution < 1.29 is 49.0 Å². The highest BCUT2D eigenvalue weighted by Crippen LogP contribution is 2.22. The van der Waals surface area contributed by atoms with Crippen molar-refractivity contribution in [1.29, 1.82) is 0 Å². The van der Waals surface area contributed by atoms with Crippen LogP contribution in [0.4, 0.5) is 0 Å². The Morgan fingerprint density at radius 1 is 0.554 bits per heavy atom. The van der Waals surface area contributed by atoms with E-state index in [1.54, 1.807) is 0 Å². The van der Waals surface area contributed by atoms with Gasteiger partial charge in [0.15, 0.2) is 12.4 Å². The van der Waals surface area contributed by atoms with Gasteiger partial charge in [0.05, 0.1) is 13.2 Å². The second-order valence-electron chi connectivity index (χ2n) is 14.8. The maximum atomic E-state index is 12.7. The molecule has 0 spiro atoms. The third-order valence-corrected chi connectivity index (χ3v) is 9.63. The SMILES string of the molecule is CCCC/C=C/C/C=C/CCCCCCCC(=O)O[C@@H](COC(=O)CCCCCC/C=C/C/C=C/C/C=C/CCCCC)CO[C@H]1O[C@@H](CO)[C@@H](O)C(O)C1O. The number of rotatable bonds is 35. The smallest absolute Gasteiger partial charge is 0.306 e. The Bertz CT molecular complexity index is 1100. The molecule has 0 saturated carbocycles. The molecule has 0 aromatic rings. The quantitative estimate of drug-likeness (QED) is 0.0278. The molecule has 0 aliphatic carbocycles. The molecule has 6 atom stereocenters. The summed E-state index contributed by atoms with van der Waals surface area (Å²) in [5.41, 5.74) is 0. The van der Waals surface area contributed by atoms with Crippen molar-refractivity contribution in [2.24, 2.45) is 0 Å². The van der Waals surface area contributed by atoms with Crippen LogP contribution in [0, 0.1) is 0 Å². The molecule has 1 saturated heterocycles. The number of carbonyl (C=O) groups is 2. The van der Waals surface area contributed by atoms with Crippen molar-refractivity contribution in [3.63, 3.8) is 0 Å². The molecule has 10 heteroatoms. The fourth-order valence-corrected chi connectivity index (χ4v) is 6.09. The Morgan fingerprint density at radius 2 is 1.02 bits per heavy atom. The Hall–Kier alpha value is -2.60. The van der Waals surface area contributed by atoms with Gasteiger partial charge in [0.2, 0.25) is 0 Å². The second kappa shape index (κ2) is 36.7. The number of allylic oxidation sites excluding steroid dienone is 10. The van der Waals surface area contributed by atoms with Crippen LogP contribution in [0.1, 0.15) is 162 Å². The molecule has 1 aliphatic rings. The first-order valence-electron chi connectivity index (χ1n) is 21.9. The molecular formula is C46H78O10. The van der Waals surface area contributed by atoms with Crippen molar-refractivity contribution in [3.8, 4) is 0 Å². The van der Waals surface area contributed by atoms with E-state index in [2.05, 4.69) is 74.6 Å². The highest BCUT2D eigenvalue weighted by Gasteiger charge is 2.44. The van der Waals surface area contributed by atoms with E-state index in [0.717, 1.165) is 83.5 Å². The number of hydrogen-bond acceptors (Lipinski definition) is 10. The summed E-state index contributed by atoms with van der Waals surface area (Å²) in [5.74, 6) is -0.853. The van der Waals surface area contributed by atoms with Gasteiger partial charge in [-0.3, -0.25) is 9.59 Å². The Labute approximate surface area is 339 Å². The van der Waals surface area contributed by atoms with Crippen molar-refractivity contribution in [2.75, 3.05) is 19.8 Å². The largest absolute Gasteiger partial charge is 0.462 e. The third kappa shape index (κ3) is 27.9. The molecule has 10 nitrogen and oxygen atoms in total. The number of carbonyl (C=O) groups excluding carboxylic acids is 2. The summed E-state index contributed by atoms with van der Waals surface area (Å²) in [4.78, 5) is 25.3. The first-order valence-corrected chi connectivity index (χ1v) is 21.9. The summed E-state index contributed by atoms with van der Waals surface area (Å²) in [5, 5.41) is 40.0. The van der Waals surface area contributed by atoms with Crippen LogP contribution >= 0.6 is 0 Å². The number of ether oxygens (including phenoxy) is 4. The van der Waals surface area contributed by atoms with Gasteiger partial charge in [-0.05, 0) is 77.0 Å². The van der Waals surface area contributed by atoms with E-state index < -0.39 is 55.4 Å². The topological polar surface area (TPSA) is 152 Å². The van der Waals surface area contributed by atoms with Crippen LogP contribution in [-0.4, -0.2) is 89.0 Å². The lowest BCUT2D eigenvalue weighted by Gasteiger charge is -2.39. The number of hydrogen-bond donors (Lipinski definition) is 4. The Balaban J connectivity index is 2.38. The highest BCUT2D eigenvalue weighted by molar-refractivity contribution is 5.70. The molecule has 0 bridgehead atoms. The van der Waals surface area contributed by atoms with Crippen LogP contribution in [0.25, 0.3) is 0 Å². The monoisotopic (exact) mass is 791 g/mol. The molecule has 0 radical (unpaired) electrons. The molecule has 1 fully saturated rings. The van der Waals surface area contributed by atoms with Crippen LogP contribution in [0.5, 0.6) is 0 Å². The third-order valence-electron chi connectivity index (χ3n) is 9.63. The molecule has 322 valence electrons. The second-order valence-corrected chi connectivity index (χ2v) is 14.8. The minimum Gasteiger partial charge on any atom is -0.462 e. The van der Waals surface area contributed by atoms with Crippen LogP contribution in [0.15, 0.2) is 60.8 Å². The van der Waals surface area contributed by atoms with Crippen molar-refractivity contribution >= 4 is 11.9 Å². The number of aliphatic hydroxyl groups excluding tert-OH is 4. The molecule has 2 unspecified atom stereocenters. The van der Waals surface area contributed by atoms with Gasteiger partial charge < -0.3 is 39.4 Å². The lowest BCUT2D eigenvalue weighted by atomic mass is 9.99. The van der Waals surface area contributed by atoms with E-state index in [-0.39, 0.29) is 26.1 Å². The Morgan fingerprint density at radius 3 is 1.55 bits per heavy atom. The van der Waals surface area contributed by atoms with E-state index in [0.29, 0.717) is 12.8 Å². The van der Waals surface area contributed by atoms with Gasteiger partial charge in [0.1, 0.15) is 31.0 Å². The fraction of sp³-hybridized carbons (Fsp3) is 0.739. The van der Waals surface area contributed by atoms with E-state index in [1.165, 1.54) is 38.5 Å². The molecule has 56 heavy (non-hydrogen) atoms. The summed E-state index contributed by atoms with van der Waals surface area (Å²) in [6.45, 7) is 3.30. The standard InChI is InChI=1S/C46H78O10/c1-3-5-7-9-11-13-15-17-19-20-21-23-24-26-28-30-32-34-41(48)53-37-39(38-54-46-45(52)44(51)43(50)40(36-47)56-46)55-42(49)35-33-31-29-27-25-22-18-16-14-12-10-8-6-4-2/h10-13,16-19,21,23,39-40,43-47,50-52H,3-9,14-15,20,22,24-38H2,1-2H3/b12-10+,13-11+,18-16+,19-17+,23-21+/t39-,40-,43+,44?,45?,46-/m0/s1. The highest BCUT2D eigenvalue weighted by atomic mass is 16.7. The minimum atomic E-state index is -1.60. The number of unbranched alkanes of at least 4 members (excludes halogenated alkanes) is 14. The zero-order valence-corrected chi connectivity index (χ0v) is 34.9. The molecular weight excluding hydrogens is 712 g/mol. The summed E-state index contributed by atoms with van der Waals surface area (Å²) in [6, 6.07) is 0. The minimum absolute atomic E-state index is 0.206. The maximum absolute atomic E-state index is 12.7. The van der Waals surface area contributed by atoms with Crippen molar-refractivity contribution in [1.82, 2.24) is 0 Å². The lowest BCUT2D eigenvalue weighted by Crippen LogP contribution is -2.59. The molecule has 1 rings (SSSR count). The number of aliphatic hydroxyl groups is 4. The van der Waals surface area contributed by atoms with E-state index in [4.69, 9.17) is 18.9 Å². The van der Waals surface area contributed by atoms with Gasteiger partial charge in [0.25, 0.3) is 0 Å². The lowest BCUT2D eigenvalue weighted by molar-refractivity contribution is -0.305. The first-order chi connectivity index (χ1) is 27.3. The van der Waals surface area contributed by atoms with Crippen LogP contribution < -0.4 is 0 Å². The predicted molar refractivity (Wildman–Crippen MR) is 224 cm³/mol.